The zero-order valence-corrected chi connectivity index (χ0v) is 12.4. The predicted octanol–water partition coefficient (Wildman–Crippen LogP) is 3.25. The van der Waals surface area contributed by atoms with Gasteiger partial charge in [0.1, 0.15) is 17.3 Å². The van der Waals surface area contributed by atoms with Gasteiger partial charge in [-0.15, -0.1) is 0 Å². The Bertz CT molecular complexity index is 652. The van der Waals surface area contributed by atoms with Crippen molar-refractivity contribution in [1.82, 2.24) is 0 Å². The zero-order valence-electron chi connectivity index (χ0n) is 12.4. The number of methoxy groups -OCH3 is 2. The van der Waals surface area contributed by atoms with E-state index in [2.05, 4.69) is 0 Å². The maximum atomic E-state index is 13.0. The Labute approximate surface area is 128 Å². The van der Waals surface area contributed by atoms with Crippen LogP contribution in [0.4, 0.5) is 4.39 Å². The van der Waals surface area contributed by atoms with E-state index in [4.69, 9.17) is 9.47 Å². The quantitative estimate of drug-likeness (QED) is 0.890. The average molecular weight is 304 g/mol. The fourth-order valence-corrected chi connectivity index (χ4v) is 2.30. The first-order valence-corrected chi connectivity index (χ1v) is 6.74. The molecular formula is C17H17FO4. The smallest absolute Gasteiger partial charge is 0.311 e. The van der Waals surface area contributed by atoms with Gasteiger partial charge in [-0.25, -0.2) is 4.39 Å². The molecule has 0 radical (unpaired) electrons. The third kappa shape index (κ3) is 3.55. The number of hydrogen-bond donors (Lipinski definition) is 1. The molecule has 116 valence electrons. The lowest BCUT2D eigenvalue weighted by molar-refractivity contribution is -0.138. The topological polar surface area (TPSA) is 55.8 Å². The summed E-state index contributed by atoms with van der Waals surface area (Å²) in [6.07, 6.45) is 0.224. The maximum absolute atomic E-state index is 13.0. The second-order valence-corrected chi connectivity index (χ2v) is 4.82. The number of halogens is 1. The van der Waals surface area contributed by atoms with Crippen molar-refractivity contribution in [3.8, 4) is 11.5 Å². The number of rotatable bonds is 6. The lowest BCUT2D eigenvalue weighted by Gasteiger charge is -2.16. The van der Waals surface area contributed by atoms with E-state index in [-0.39, 0.29) is 6.42 Å². The molecule has 22 heavy (non-hydrogen) atoms. The first-order chi connectivity index (χ1) is 10.5. The van der Waals surface area contributed by atoms with Gasteiger partial charge in [0.2, 0.25) is 0 Å². The molecule has 0 aliphatic rings. The van der Waals surface area contributed by atoms with Gasteiger partial charge in [-0.2, -0.15) is 0 Å². The molecular weight excluding hydrogens is 287 g/mol. The Morgan fingerprint density at radius 2 is 1.82 bits per heavy atom. The summed E-state index contributed by atoms with van der Waals surface area (Å²) >= 11 is 0. The standard InChI is InChI=1S/C17H17FO4/c1-21-14-7-8-16(22-2)12(9-14)10-15(17(19)20)11-3-5-13(18)6-4-11/h3-9,15H,10H2,1-2H3,(H,19,20). The summed E-state index contributed by atoms with van der Waals surface area (Å²) < 4.78 is 23.4. The minimum Gasteiger partial charge on any atom is -0.497 e. The van der Waals surface area contributed by atoms with Gasteiger partial charge < -0.3 is 14.6 Å². The lowest BCUT2D eigenvalue weighted by Crippen LogP contribution is -2.15. The number of carboxylic acid groups (broad SMARTS) is 1. The van der Waals surface area contributed by atoms with Gasteiger partial charge in [-0.1, -0.05) is 12.1 Å². The van der Waals surface area contributed by atoms with E-state index in [1.54, 1.807) is 25.3 Å². The van der Waals surface area contributed by atoms with Crippen molar-refractivity contribution in [1.29, 1.82) is 0 Å². The first-order valence-electron chi connectivity index (χ1n) is 6.74. The van der Waals surface area contributed by atoms with Crippen molar-refractivity contribution >= 4 is 5.97 Å². The molecule has 5 heteroatoms. The molecule has 0 spiro atoms. The van der Waals surface area contributed by atoms with Crippen LogP contribution >= 0.6 is 0 Å². The van der Waals surface area contributed by atoms with Crippen LogP contribution < -0.4 is 9.47 Å². The van der Waals surface area contributed by atoms with E-state index in [1.165, 1.54) is 31.4 Å². The molecule has 0 amide bonds. The summed E-state index contributed by atoms with van der Waals surface area (Å²) in [7, 11) is 3.07. The fraction of sp³-hybridized carbons (Fsp3) is 0.235. The number of ether oxygens (including phenoxy) is 2. The second-order valence-electron chi connectivity index (χ2n) is 4.82. The lowest BCUT2D eigenvalue weighted by atomic mass is 9.91. The molecule has 0 saturated heterocycles. The molecule has 1 atom stereocenters. The Morgan fingerprint density at radius 1 is 1.14 bits per heavy atom. The molecule has 2 aromatic rings. The summed E-state index contributed by atoms with van der Waals surface area (Å²) in [6.45, 7) is 0. The highest BCUT2D eigenvalue weighted by Crippen LogP contribution is 2.30. The average Bonchev–Trinajstić information content (AvgIpc) is 2.53. The van der Waals surface area contributed by atoms with Crippen LogP contribution in [0.25, 0.3) is 0 Å². The molecule has 0 fully saturated rings. The van der Waals surface area contributed by atoms with Crippen molar-refractivity contribution < 1.29 is 23.8 Å². The molecule has 2 aromatic carbocycles. The molecule has 2 rings (SSSR count). The molecule has 0 bridgehead atoms. The third-order valence-electron chi connectivity index (χ3n) is 3.48. The van der Waals surface area contributed by atoms with Crippen molar-refractivity contribution in [2.45, 2.75) is 12.3 Å². The van der Waals surface area contributed by atoms with Crippen LogP contribution in [-0.4, -0.2) is 25.3 Å². The van der Waals surface area contributed by atoms with Crippen LogP contribution in [-0.2, 0) is 11.2 Å². The molecule has 0 heterocycles. The van der Waals surface area contributed by atoms with Crippen LogP contribution in [0.5, 0.6) is 11.5 Å². The molecule has 0 aromatic heterocycles. The normalized spacial score (nSPS) is 11.8. The second kappa shape index (κ2) is 6.93. The van der Waals surface area contributed by atoms with Gasteiger partial charge in [0.15, 0.2) is 0 Å². The van der Waals surface area contributed by atoms with Gasteiger partial charge >= 0.3 is 5.97 Å². The fourth-order valence-electron chi connectivity index (χ4n) is 2.30. The molecule has 1 unspecified atom stereocenters. The van der Waals surface area contributed by atoms with Crippen molar-refractivity contribution in [3.05, 3.63) is 59.4 Å². The van der Waals surface area contributed by atoms with Crippen molar-refractivity contribution in [2.24, 2.45) is 0 Å². The Kier molecular flexibility index (Phi) is 4.99. The Balaban J connectivity index is 2.35. The number of carboxylic acids is 1. The van der Waals surface area contributed by atoms with Crippen molar-refractivity contribution in [3.63, 3.8) is 0 Å². The summed E-state index contributed by atoms with van der Waals surface area (Å²) in [5.41, 5.74) is 1.26. The van der Waals surface area contributed by atoms with Gasteiger partial charge in [-0.3, -0.25) is 4.79 Å². The van der Waals surface area contributed by atoms with Crippen LogP contribution in [0.3, 0.4) is 0 Å². The van der Waals surface area contributed by atoms with E-state index in [1.807, 2.05) is 0 Å². The monoisotopic (exact) mass is 304 g/mol. The van der Waals surface area contributed by atoms with E-state index < -0.39 is 17.7 Å². The molecule has 0 saturated carbocycles. The van der Waals surface area contributed by atoms with Gasteiger partial charge in [0, 0.05) is 0 Å². The van der Waals surface area contributed by atoms with Gasteiger partial charge in [0.05, 0.1) is 20.1 Å². The number of benzene rings is 2. The van der Waals surface area contributed by atoms with Crippen LogP contribution in [0.15, 0.2) is 42.5 Å². The first kappa shape index (κ1) is 15.8. The highest BCUT2D eigenvalue weighted by molar-refractivity contribution is 5.76. The van der Waals surface area contributed by atoms with Gasteiger partial charge in [-0.05, 0) is 47.9 Å². The van der Waals surface area contributed by atoms with Gasteiger partial charge in [0.25, 0.3) is 0 Å². The summed E-state index contributed by atoms with van der Waals surface area (Å²) in [5.74, 6) is -0.946. The van der Waals surface area contributed by atoms with E-state index >= 15 is 0 Å². The molecule has 0 aliphatic heterocycles. The highest BCUT2D eigenvalue weighted by atomic mass is 19.1. The van der Waals surface area contributed by atoms with E-state index in [0.29, 0.717) is 17.1 Å². The minimum absolute atomic E-state index is 0.224. The number of carbonyl (C=O) groups is 1. The van der Waals surface area contributed by atoms with Crippen molar-refractivity contribution in [2.75, 3.05) is 14.2 Å². The molecule has 4 nitrogen and oxygen atoms in total. The molecule has 1 N–H and O–H groups in total. The minimum atomic E-state index is -0.975. The third-order valence-corrected chi connectivity index (χ3v) is 3.48. The van der Waals surface area contributed by atoms with Crippen LogP contribution in [0, 0.1) is 5.82 Å². The number of hydrogen-bond acceptors (Lipinski definition) is 3. The Morgan fingerprint density at radius 3 is 2.36 bits per heavy atom. The summed E-state index contributed by atoms with van der Waals surface area (Å²) in [6, 6.07) is 10.7. The summed E-state index contributed by atoms with van der Waals surface area (Å²) in [5, 5.41) is 9.48. The maximum Gasteiger partial charge on any atom is 0.311 e. The zero-order chi connectivity index (χ0) is 16.1. The predicted molar refractivity (Wildman–Crippen MR) is 80.0 cm³/mol. The number of aliphatic carboxylic acids is 1. The van der Waals surface area contributed by atoms with Crippen LogP contribution in [0.1, 0.15) is 17.0 Å². The van der Waals surface area contributed by atoms with E-state index in [9.17, 15) is 14.3 Å². The highest BCUT2D eigenvalue weighted by Gasteiger charge is 2.22. The molecule has 0 aliphatic carbocycles. The summed E-state index contributed by atoms with van der Waals surface area (Å²) in [4.78, 5) is 11.6. The van der Waals surface area contributed by atoms with Crippen LogP contribution in [0.2, 0.25) is 0 Å². The largest absolute Gasteiger partial charge is 0.497 e. The van der Waals surface area contributed by atoms with E-state index in [0.717, 1.165) is 5.56 Å². The Hall–Kier alpha value is -2.56. The SMILES string of the molecule is COc1ccc(OC)c(CC(C(=O)O)c2ccc(F)cc2)c1.